The van der Waals surface area contributed by atoms with Gasteiger partial charge in [0.2, 0.25) is 0 Å². The molecule has 0 aliphatic rings. The van der Waals surface area contributed by atoms with Gasteiger partial charge in [-0.25, -0.2) is 0 Å². The highest BCUT2D eigenvalue weighted by molar-refractivity contribution is 8.00. The minimum atomic E-state index is 0.214. The number of thioether (sulfide) groups is 1. The summed E-state index contributed by atoms with van der Waals surface area (Å²) >= 11 is 7.53. The van der Waals surface area contributed by atoms with Gasteiger partial charge in [-0.05, 0) is 17.7 Å². The van der Waals surface area contributed by atoms with Crippen LogP contribution in [0.3, 0.4) is 0 Å². The van der Waals surface area contributed by atoms with Crippen molar-refractivity contribution in [1.82, 2.24) is 0 Å². The fourth-order valence-electron chi connectivity index (χ4n) is 1.59. The number of benzene rings is 2. The molecule has 0 saturated heterocycles. The Morgan fingerprint density at radius 2 is 1.67 bits per heavy atom. The average Bonchev–Trinajstić information content (AvgIpc) is 2.39. The van der Waals surface area contributed by atoms with Crippen molar-refractivity contribution in [3.8, 4) is 0 Å². The molecule has 0 spiro atoms. The van der Waals surface area contributed by atoms with Crippen LogP contribution in [0.4, 0.5) is 0 Å². The molecule has 0 saturated carbocycles. The third kappa shape index (κ3) is 3.90. The summed E-state index contributed by atoms with van der Waals surface area (Å²) in [7, 11) is 0. The van der Waals surface area contributed by atoms with Gasteiger partial charge in [0.05, 0.1) is 10.8 Å². The molecule has 2 rings (SSSR count). The van der Waals surface area contributed by atoms with Crippen LogP contribution in [0, 0.1) is 0 Å². The SMILES string of the molecule is O=C(CSc1ccccc1Cl)Cc1ccccc1. The van der Waals surface area contributed by atoms with Crippen molar-refractivity contribution in [3.05, 3.63) is 65.2 Å². The van der Waals surface area contributed by atoms with Gasteiger partial charge in [-0.2, -0.15) is 0 Å². The Morgan fingerprint density at radius 3 is 2.39 bits per heavy atom. The summed E-state index contributed by atoms with van der Waals surface area (Å²) in [6.45, 7) is 0. The zero-order chi connectivity index (χ0) is 12.8. The number of ketones is 1. The summed E-state index contributed by atoms with van der Waals surface area (Å²) in [6.07, 6.45) is 0.484. The number of hydrogen-bond acceptors (Lipinski definition) is 2. The molecule has 0 atom stereocenters. The monoisotopic (exact) mass is 276 g/mol. The van der Waals surface area contributed by atoms with Crippen molar-refractivity contribution in [2.24, 2.45) is 0 Å². The van der Waals surface area contributed by atoms with Gasteiger partial charge in [0, 0.05) is 11.3 Å². The fourth-order valence-corrected chi connectivity index (χ4v) is 2.69. The van der Waals surface area contributed by atoms with Gasteiger partial charge in [-0.3, -0.25) is 4.79 Å². The first-order valence-corrected chi connectivity index (χ1v) is 7.05. The number of hydrogen-bond donors (Lipinski definition) is 0. The number of rotatable bonds is 5. The normalized spacial score (nSPS) is 10.3. The van der Waals surface area contributed by atoms with Crippen LogP contribution in [0.25, 0.3) is 0 Å². The van der Waals surface area contributed by atoms with Crippen molar-refractivity contribution in [3.63, 3.8) is 0 Å². The van der Waals surface area contributed by atoms with Gasteiger partial charge in [0.25, 0.3) is 0 Å². The van der Waals surface area contributed by atoms with Gasteiger partial charge < -0.3 is 0 Å². The standard InChI is InChI=1S/C15H13ClOS/c16-14-8-4-5-9-15(14)18-11-13(17)10-12-6-2-1-3-7-12/h1-9H,10-11H2. The van der Waals surface area contributed by atoms with Crippen LogP contribution in [-0.2, 0) is 11.2 Å². The molecular formula is C15H13ClOS. The molecule has 0 bridgehead atoms. The maximum absolute atomic E-state index is 11.8. The van der Waals surface area contributed by atoms with E-state index in [4.69, 9.17) is 11.6 Å². The van der Waals surface area contributed by atoms with Crippen LogP contribution in [0.1, 0.15) is 5.56 Å². The Balaban J connectivity index is 1.88. The highest BCUT2D eigenvalue weighted by atomic mass is 35.5. The van der Waals surface area contributed by atoms with Gasteiger partial charge in [0.1, 0.15) is 5.78 Å². The minimum absolute atomic E-state index is 0.214. The quantitative estimate of drug-likeness (QED) is 0.760. The molecule has 2 aromatic rings. The van der Waals surface area contributed by atoms with E-state index in [0.717, 1.165) is 10.5 Å². The molecular weight excluding hydrogens is 264 g/mol. The maximum Gasteiger partial charge on any atom is 0.147 e. The number of carbonyl (C=O) groups excluding carboxylic acids is 1. The van der Waals surface area contributed by atoms with Gasteiger partial charge in [-0.15, -0.1) is 11.8 Å². The first-order valence-electron chi connectivity index (χ1n) is 5.68. The molecule has 18 heavy (non-hydrogen) atoms. The Labute approximate surface area is 116 Å². The molecule has 0 aromatic heterocycles. The topological polar surface area (TPSA) is 17.1 Å². The number of halogens is 1. The zero-order valence-electron chi connectivity index (χ0n) is 9.80. The molecule has 0 radical (unpaired) electrons. The molecule has 1 nitrogen and oxygen atoms in total. The van der Waals surface area contributed by atoms with E-state index in [0.29, 0.717) is 17.2 Å². The van der Waals surface area contributed by atoms with E-state index in [1.165, 1.54) is 11.8 Å². The van der Waals surface area contributed by atoms with Crippen LogP contribution >= 0.6 is 23.4 Å². The predicted octanol–water partition coefficient (Wildman–Crippen LogP) is 4.24. The van der Waals surface area contributed by atoms with Gasteiger partial charge in [-0.1, -0.05) is 54.1 Å². The molecule has 0 heterocycles. The summed E-state index contributed by atoms with van der Waals surface area (Å²) < 4.78 is 0. The number of Topliss-reactive ketones (excluding diaryl/α,β-unsaturated/α-hetero) is 1. The fraction of sp³-hybridized carbons (Fsp3) is 0.133. The van der Waals surface area contributed by atoms with Crippen LogP contribution in [0.2, 0.25) is 5.02 Å². The molecule has 0 aliphatic heterocycles. The summed E-state index contributed by atoms with van der Waals surface area (Å²) in [5.41, 5.74) is 1.06. The van der Waals surface area contributed by atoms with Crippen molar-refractivity contribution in [1.29, 1.82) is 0 Å². The highest BCUT2D eigenvalue weighted by Crippen LogP contribution is 2.26. The van der Waals surface area contributed by atoms with Crippen molar-refractivity contribution < 1.29 is 4.79 Å². The van der Waals surface area contributed by atoms with Crippen LogP contribution in [-0.4, -0.2) is 11.5 Å². The molecule has 3 heteroatoms. The molecule has 0 fully saturated rings. The lowest BCUT2D eigenvalue weighted by molar-refractivity contribution is -0.116. The van der Waals surface area contributed by atoms with E-state index in [9.17, 15) is 4.79 Å². The molecule has 0 aliphatic carbocycles. The van der Waals surface area contributed by atoms with Gasteiger partial charge in [0.15, 0.2) is 0 Å². The third-order valence-electron chi connectivity index (χ3n) is 2.47. The van der Waals surface area contributed by atoms with E-state index in [-0.39, 0.29) is 5.78 Å². The lowest BCUT2D eigenvalue weighted by Crippen LogP contribution is -2.05. The smallest absolute Gasteiger partial charge is 0.147 e. The second-order valence-electron chi connectivity index (χ2n) is 3.92. The molecule has 2 aromatic carbocycles. The first-order chi connectivity index (χ1) is 8.75. The summed E-state index contributed by atoms with van der Waals surface area (Å²) in [4.78, 5) is 12.8. The van der Waals surface area contributed by atoms with Crippen LogP contribution in [0.15, 0.2) is 59.5 Å². The Hall–Kier alpha value is -1.25. The molecule has 0 amide bonds. The van der Waals surface area contributed by atoms with E-state index in [1.807, 2.05) is 54.6 Å². The molecule has 0 unspecified atom stereocenters. The minimum Gasteiger partial charge on any atom is -0.298 e. The van der Waals surface area contributed by atoms with E-state index in [1.54, 1.807) is 0 Å². The maximum atomic E-state index is 11.8. The van der Waals surface area contributed by atoms with E-state index >= 15 is 0 Å². The summed E-state index contributed by atoms with van der Waals surface area (Å²) in [5, 5.41) is 0.704. The van der Waals surface area contributed by atoms with Crippen molar-refractivity contribution >= 4 is 29.1 Å². The number of carbonyl (C=O) groups is 1. The van der Waals surface area contributed by atoms with E-state index in [2.05, 4.69) is 0 Å². The Bertz CT molecular complexity index is 525. The largest absolute Gasteiger partial charge is 0.298 e. The second kappa shape index (κ2) is 6.62. The van der Waals surface area contributed by atoms with Crippen LogP contribution < -0.4 is 0 Å². The molecule has 92 valence electrons. The van der Waals surface area contributed by atoms with E-state index < -0.39 is 0 Å². The molecule has 0 N–H and O–H groups in total. The summed E-state index contributed by atoms with van der Waals surface area (Å²) in [5.74, 6) is 0.671. The second-order valence-corrected chi connectivity index (χ2v) is 5.34. The average molecular weight is 277 g/mol. The lowest BCUT2D eigenvalue weighted by Gasteiger charge is -2.03. The van der Waals surface area contributed by atoms with Gasteiger partial charge >= 0.3 is 0 Å². The predicted molar refractivity (Wildman–Crippen MR) is 77.3 cm³/mol. The zero-order valence-corrected chi connectivity index (χ0v) is 11.4. The Morgan fingerprint density at radius 1 is 1.00 bits per heavy atom. The van der Waals surface area contributed by atoms with Crippen molar-refractivity contribution in [2.45, 2.75) is 11.3 Å². The third-order valence-corrected chi connectivity index (χ3v) is 4.04. The van der Waals surface area contributed by atoms with Crippen molar-refractivity contribution in [2.75, 3.05) is 5.75 Å². The first kappa shape index (κ1) is 13.2. The lowest BCUT2D eigenvalue weighted by atomic mass is 10.1. The highest BCUT2D eigenvalue weighted by Gasteiger charge is 2.06. The Kier molecular flexibility index (Phi) is 4.85. The summed E-state index contributed by atoms with van der Waals surface area (Å²) in [6, 6.07) is 17.4. The van der Waals surface area contributed by atoms with Crippen LogP contribution in [0.5, 0.6) is 0 Å².